The van der Waals surface area contributed by atoms with Crippen molar-refractivity contribution in [2.24, 2.45) is 5.92 Å². The van der Waals surface area contributed by atoms with Gasteiger partial charge in [-0.05, 0) is 18.6 Å². The first-order valence-electron chi connectivity index (χ1n) is 4.27. The highest BCUT2D eigenvalue weighted by Gasteiger charge is 2.63. The maximum absolute atomic E-state index is 11.2. The second-order valence-corrected chi connectivity index (χ2v) is 3.34. The van der Waals surface area contributed by atoms with Crippen molar-refractivity contribution in [2.75, 3.05) is 7.11 Å². The minimum Gasteiger partial charge on any atom is -0.469 e. The molecule has 0 unspecified atom stereocenters. The zero-order chi connectivity index (χ0) is 10.2. The Labute approximate surface area is 81.1 Å². The highest BCUT2D eigenvalue weighted by atomic mass is 16.5. The normalized spacial score (nSPS) is 29.3. The molecule has 0 aromatic carbocycles. The van der Waals surface area contributed by atoms with Crippen LogP contribution >= 0.6 is 0 Å². The van der Waals surface area contributed by atoms with E-state index in [-0.39, 0.29) is 11.9 Å². The highest BCUT2D eigenvalue weighted by molar-refractivity contribution is 5.80. The number of rotatable bonds is 2. The standard InChI is InChI=1S/C10H9NO3/c1-13-9(12)7-5-10(7,6-11)8-3-2-4-14-8/h2-4,7H,5H2,1H3/t7-,10-/m0/s1. The zero-order valence-electron chi connectivity index (χ0n) is 7.69. The van der Waals surface area contributed by atoms with Gasteiger partial charge >= 0.3 is 5.97 Å². The van der Waals surface area contributed by atoms with Crippen molar-refractivity contribution in [2.45, 2.75) is 11.8 Å². The molecule has 0 radical (unpaired) electrons. The van der Waals surface area contributed by atoms with Gasteiger partial charge in [0.25, 0.3) is 0 Å². The van der Waals surface area contributed by atoms with Gasteiger partial charge in [-0.1, -0.05) is 0 Å². The molecule has 0 spiro atoms. The fourth-order valence-corrected chi connectivity index (χ4v) is 1.67. The van der Waals surface area contributed by atoms with Crippen LogP contribution in [0.5, 0.6) is 0 Å². The Bertz CT molecular complexity index is 390. The molecule has 1 aliphatic carbocycles. The van der Waals surface area contributed by atoms with E-state index in [0.717, 1.165) is 0 Å². The molecule has 2 rings (SSSR count). The number of esters is 1. The van der Waals surface area contributed by atoms with Gasteiger partial charge in [-0.3, -0.25) is 4.79 Å². The fraction of sp³-hybridized carbons (Fsp3) is 0.400. The summed E-state index contributed by atoms with van der Waals surface area (Å²) in [7, 11) is 1.32. The number of hydrogen-bond acceptors (Lipinski definition) is 4. The van der Waals surface area contributed by atoms with Crippen LogP contribution in [0.4, 0.5) is 0 Å². The molecule has 14 heavy (non-hydrogen) atoms. The summed E-state index contributed by atoms with van der Waals surface area (Å²) >= 11 is 0. The van der Waals surface area contributed by atoms with Gasteiger partial charge in [0.2, 0.25) is 0 Å². The Morgan fingerprint density at radius 1 is 1.86 bits per heavy atom. The SMILES string of the molecule is COC(=O)[C@@H]1C[C@@]1(C#N)c1ccco1. The molecule has 1 fully saturated rings. The summed E-state index contributed by atoms with van der Waals surface area (Å²) in [6.07, 6.45) is 1.99. The van der Waals surface area contributed by atoms with Gasteiger partial charge in [0, 0.05) is 0 Å². The number of methoxy groups -OCH3 is 1. The summed E-state index contributed by atoms with van der Waals surface area (Å²) in [4.78, 5) is 11.2. The lowest BCUT2D eigenvalue weighted by Gasteiger charge is -2.02. The molecule has 0 bridgehead atoms. The first kappa shape index (κ1) is 8.82. The number of furan rings is 1. The van der Waals surface area contributed by atoms with E-state index in [4.69, 9.17) is 9.68 Å². The molecule has 1 heterocycles. The highest BCUT2D eigenvalue weighted by Crippen LogP contribution is 2.54. The maximum Gasteiger partial charge on any atom is 0.310 e. The molecule has 0 amide bonds. The average Bonchev–Trinajstić information content (AvgIpc) is 2.71. The van der Waals surface area contributed by atoms with Gasteiger partial charge in [0.15, 0.2) is 0 Å². The summed E-state index contributed by atoms with van der Waals surface area (Å²) in [6.45, 7) is 0. The lowest BCUT2D eigenvalue weighted by molar-refractivity contribution is -0.142. The van der Waals surface area contributed by atoms with Crippen LogP contribution in [0.1, 0.15) is 12.2 Å². The molecular weight excluding hydrogens is 182 g/mol. The molecule has 0 N–H and O–H groups in total. The monoisotopic (exact) mass is 191 g/mol. The van der Waals surface area contributed by atoms with Gasteiger partial charge in [-0.2, -0.15) is 5.26 Å². The Balaban J connectivity index is 2.26. The van der Waals surface area contributed by atoms with Crippen LogP contribution in [-0.4, -0.2) is 13.1 Å². The second-order valence-electron chi connectivity index (χ2n) is 3.34. The molecule has 0 aliphatic heterocycles. The third-order valence-corrected chi connectivity index (χ3v) is 2.61. The summed E-state index contributed by atoms with van der Waals surface area (Å²) < 4.78 is 9.74. The number of nitrogens with zero attached hydrogens (tertiary/aromatic N) is 1. The molecule has 2 atom stereocenters. The Kier molecular flexibility index (Phi) is 1.81. The van der Waals surface area contributed by atoms with E-state index in [1.807, 2.05) is 0 Å². The van der Waals surface area contributed by atoms with Crippen LogP contribution in [0.3, 0.4) is 0 Å². The van der Waals surface area contributed by atoms with E-state index in [9.17, 15) is 4.79 Å². The summed E-state index contributed by atoms with van der Waals surface area (Å²) in [6, 6.07) is 5.55. The van der Waals surface area contributed by atoms with Gasteiger partial charge in [0.05, 0.1) is 25.4 Å². The molecule has 1 aliphatic rings. The van der Waals surface area contributed by atoms with Gasteiger partial charge < -0.3 is 9.15 Å². The van der Waals surface area contributed by atoms with Crippen LogP contribution < -0.4 is 0 Å². The van der Waals surface area contributed by atoms with Crippen LogP contribution in [0.25, 0.3) is 0 Å². The van der Waals surface area contributed by atoms with E-state index in [1.54, 1.807) is 12.1 Å². The zero-order valence-corrected chi connectivity index (χ0v) is 7.69. The van der Waals surface area contributed by atoms with Crippen molar-refractivity contribution in [1.29, 1.82) is 5.26 Å². The molecule has 1 aromatic rings. The summed E-state index contributed by atoms with van der Waals surface area (Å²) in [5.74, 6) is -0.165. The number of carbonyl (C=O) groups excluding carboxylic acids is 1. The third kappa shape index (κ3) is 1.02. The molecule has 72 valence electrons. The lowest BCUT2D eigenvalue weighted by Crippen LogP contribution is -2.13. The van der Waals surface area contributed by atoms with Crippen molar-refractivity contribution < 1.29 is 13.9 Å². The smallest absolute Gasteiger partial charge is 0.310 e. The quantitative estimate of drug-likeness (QED) is 0.659. The number of nitriles is 1. The molecule has 0 saturated heterocycles. The number of hydrogen-bond donors (Lipinski definition) is 0. The van der Waals surface area contributed by atoms with E-state index < -0.39 is 5.41 Å². The second kappa shape index (κ2) is 2.88. The number of carbonyl (C=O) groups is 1. The molecule has 4 nitrogen and oxygen atoms in total. The van der Waals surface area contributed by atoms with Crippen molar-refractivity contribution in [3.63, 3.8) is 0 Å². The van der Waals surface area contributed by atoms with Crippen LogP contribution in [0.2, 0.25) is 0 Å². The van der Waals surface area contributed by atoms with Gasteiger partial charge in [-0.25, -0.2) is 0 Å². The van der Waals surface area contributed by atoms with E-state index in [0.29, 0.717) is 12.2 Å². The predicted molar refractivity (Wildman–Crippen MR) is 46.1 cm³/mol. The number of ether oxygens (including phenoxy) is 1. The first-order valence-corrected chi connectivity index (χ1v) is 4.27. The summed E-state index contributed by atoms with van der Waals surface area (Å²) in [5.41, 5.74) is -0.781. The molecule has 4 heteroatoms. The Morgan fingerprint density at radius 2 is 2.64 bits per heavy atom. The largest absolute Gasteiger partial charge is 0.469 e. The summed E-state index contributed by atoms with van der Waals surface area (Å²) in [5, 5.41) is 9.03. The fourth-order valence-electron chi connectivity index (χ4n) is 1.67. The van der Waals surface area contributed by atoms with E-state index >= 15 is 0 Å². The lowest BCUT2D eigenvalue weighted by atomic mass is 10.0. The first-order chi connectivity index (χ1) is 6.74. The minimum atomic E-state index is -0.781. The van der Waals surface area contributed by atoms with Crippen molar-refractivity contribution in [3.05, 3.63) is 24.2 Å². The Morgan fingerprint density at radius 3 is 3.14 bits per heavy atom. The van der Waals surface area contributed by atoms with Crippen molar-refractivity contribution in [1.82, 2.24) is 0 Å². The Hall–Kier alpha value is -1.76. The van der Waals surface area contributed by atoms with Crippen molar-refractivity contribution in [3.8, 4) is 6.07 Å². The van der Waals surface area contributed by atoms with E-state index in [2.05, 4.69) is 10.8 Å². The predicted octanol–water partition coefficient (Wildman–Crippen LogP) is 1.23. The van der Waals surface area contributed by atoms with Crippen LogP contribution in [-0.2, 0) is 14.9 Å². The third-order valence-electron chi connectivity index (χ3n) is 2.61. The van der Waals surface area contributed by atoms with Crippen molar-refractivity contribution >= 4 is 5.97 Å². The maximum atomic E-state index is 11.2. The topological polar surface area (TPSA) is 63.2 Å². The van der Waals surface area contributed by atoms with E-state index in [1.165, 1.54) is 13.4 Å². The van der Waals surface area contributed by atoms with Gasteiger partial charge in [-0.15, -0.1) is 0 Å². The molecular formula is C10H9NO3. The van der Waals surface area contributed by atoms with Gasteiger partial charge in [0.1, 0.15) is 11.2 Å². The van der Waals surface area contributed by atoms with Crippen LogP contribution in [0.15, 0.2) is 22.8 Å². The molecule has 1 saturated carbocycles. The average molecular weight is 191 g/mol. The van der Waals surface area contributed by atoms with Crippen LogP contribution in [0, 0.1) is 17.2 Å². The molecule has 1 aromatic heterocycles. The minimum absolute atomic E-state index is 0.344.